The number of hydrogen-bond acceptors (Lipinski definition) is 4. The van der Waals surface area contributed by atoms with Crippen molar-refractivity contribution in [2.75, 3.05) is 0 Å². The number of benzene rings is 6. The zero-order valence-corrected chi connectivity index (χ0v) is 23.8. The van der Waals surface area contributed by atoms with Crippen LogP contribution < -0.4 is 0 Å². The molecule has 5 heterocycles. The van der Waals surface area contributed by atoms with E-state index in [2.05, 4.69) is 109 Å². The molecule has 6 aromatic carbocycles. The summed E-state index contributed by atoms with van der Waals surface area (Å²) in [7, 11) is 0. The molecule has 4 bridgehead atoms. The first-order valence-electron chi connectivity index (χ1n) is 14.6. The quantitative estimate of drug-likeness (QED) is 0.188. The average Bonchev–Trinajstić information content (AvgIpc) is 3.66. The highest BCUT2D eigenvalue weighted by molar-refractivity contribution is 6.99. The van der Waals surface area contributed by atoms with Crippen molar-refractivity contribution in [2.45, 2.75) is 0 Å². The number of aliphatic imine (C=N–C) groups is 4. The van der Waals surface area contributed by atoms with Crippen LogP contribution in [0.25, 0.3) is 32.3 Å². The van der Waals surface area contributed by atoms with E-state index < -0.39 is 6.40 Å². The second-order valence-electron chi connectivity index (χ2n) is 11.7. The predicted octanol–water partition coefficient (Wildman–Crippen LogP) is 6.34. The van der Waals surface area contributed by atoms with E-state index in [0.717, 1.165) is 89.0 Å². The molecule has 200 valence electrons. The van der Waals surface area contributed by atoms with E-state index in [-0.39, 0.29) is 0 Å². The Kier molecular flexibility index (Phi) is 4.13. The van der Waals surface area contributed by atoms with Crippen LogP contribution in [0.5, 0.6) is 0 Å². The Bertz CT molecular complexity index is 2630. The van der Waals surface area contributed by atoms with Crippen molar-refractivity contribution in [1.82, 2.24) is 0 Å². The third-order valence-electron chi connectivity index (χ3n) is 9.29. The van der Waals surface area contributed by atoms with Gasteiger partial charge in [-0.2, -0.15) is 4.99 Å². The molecule has 0 spiro atoms. The highest BCUT2D eigenvalue weighted by atomic mass is 35.5. The largest absolute Gasteiger partial charge is 0.663 e. The van der Waals surface area contributed by atoms with Crippen LogP contribution in [0.3, 0.4) is 0 Å². The van der Waals surface area contributed by atoms with E-state index in [4.69, 9.17) is 31.4 Å². The smallest absolute Gasteiger partial charge is 0.232 e. The van der Waals surface area contributed by atoms with Gasteiger partial charge in [0, 0.05) is 0 Å². The Balaban J connectivity index is 1.30. The molecular weight excluding hydrogens is 563 g/mol. The Labute approximate surface area is 256 Å². The molecule has 0 unspecified atom stereocenters. The molecule has 0 fully saturated rings. The monoisotopic (exact) mass is 580 g/mol. The van der Waals surface area contributed by atoms with Crippen molar-refractivity contribution in [3.63, 3.8) is 0 Å². The van der Waals surface area contributed by atoms with Crippen molar-refractivity contribution >= 4 is 85.2 Å². The molecule has 6 nitrogen and oxygen atoms in total. The van der Waals surface area contributed by atoms with Gasteiger partial charge in [0.05, 0.1) is 33.4 Å². The fourth-order valence-electron chi connectivity index (χ4n) is 7.22. The van der Waals surface area contributed by atoms with Gasteiger partial charge in [0.1, 0.15) is 0 Å². The van der Waals surface area contributed by atoms with Gasteiger partial charge in [0.15, 0.2) is 0 Å². The number of nitrogens with zero attached hydrogens (tertiary/aromatic N) is 6. The standard InChI is InChI=1S/C36H18BClN6/c38-37-43-33-27-15-21-9-3-5-11-23(21)17-29(27)35(43)42-36-30-18-24-12-6-4-10-22(24)16-28(30)34(44(36)37)41-32-26-14-20-8-2-1-7-19(20)13-25(26)31(39-32)40-33/h1-18H/q+2. The molecule has 0 radical (unpaired) electrons. The number of hydrogen-bond donors (Lipinski definition) is 0. The SMILES string of the molecule is ClB1[N+]2=C3N=C4N=C(N=C5c6cc7ccccc7cc6C(=[N+]15)N=C2c1cc2ccccc2cc13)c1cc2ccccc2cc14. The van der Waals surface area contributed by atoms with E-state index in [1.807, 2.05) is 8.97 Å². The van der Waals surface area contributed by atoms with E-state index in [1.54, 1.807) is 0 Å². The molecule has 6 aromatic rings. The fourth-order valence-corrected chi connectivity index (χ4v) is 7.59. The van der Waals surface area contributed by atoms with Crippen LogP contribution in [0.4, 0.5) is 0 Å². The van der Waals surface area contributed by atoms with Crippen LogP contribution in [0.15, 0.2) is 129 Å². The number of amidine groups is 6. The Morgan fingerprint density at radius 3 is 1.25 bits per heavy atom. The third-order valence-corrected chi connectivity index (χ3v) is 9.68. The van der Waals surface area contributed by atoms with Gasteiger partial charge in [-0.05, 0) is 68.7 Å². The maximum Gasteiger partial charge on any atom is 0.663 e. The molecule has 5 aliphatic rings. The number of rotatable bonds is 0. The fraction of sp³-hybridized carbons (Fsp3) is 0. The van der Waals surface area contributed by atoms with Crippen LogP contribution in [-0.4, -0.2) is 50.4 Å². The van der Waals surface area contributed by atoms with Crippen LogP contribution in [-0.2, 0) is 0 Å². The maximum absolute atomic E-state index is 7.54. The van der Waals surface area contributed by atoms with Crippen LogP contribution >= 0.6 is 11.5 Å². The van der Waals surface area contributed by atoms with Gasteiger partial charge in [-0.1, -0.05) is 99.2 Å². The summed E-state index contributed by atoms with van der Waals surface area (Å²) in [5.74, 6) is 4.32. The minimum atomic E-state index is -0.637. The van der Waals surface area contributed by atoms with E-state index >= 15 is 0 Å². The van der Waals surface area contributed by atoms with Crippen molar-refractivity contribution < 1.29 is 8.97 Å². The highest BCUT2D eigenvalue weighted by Crippen LogP contribution is 2.36. The minimum Gasteiger partial charge on any atom is -0.232 e. The molecule has 5 aliphatic heterocycles. The zero-order chi connectivity index (χ0) is 28.7. The van der Waals surface area contributed by atoms with Gasteiger partial charge in [0.25, 0.3) is 23.3 Å². The Hall–Kier alpha value is -5.53. The lowest BCUT2D eigenvalue weighted by molar-refractivity contribution is -0.385. The van der Waals surface area contributed by atoms with E-state index in [0.29, 0.717) is 11.7 Å². The normalized spacial score (nSPS) is 17.1. The minimum absolute atomic E-state index is 0.629. The summed E-state index contributed by atoms with van der Waals surface area (Å²) in [5, 5.41) is 6.82. The van der Waals surface area contributed by atoms with Gasteiger partial charge in [-0.3, -0.25) is 0 Å². The summed E-state index contributed by atoms with van der Waals surface area (Å²) in [4.78, 5) is 21.1. The molecule has 44 heavy (non-hydrogen) atoms. The Morgan fingerprint density at radius 1 is 0.409 bits per heavy atom. The van der Waals surface area contributed by atoms with Crippen molar-refractivity contribution in [3.05, 3.63) is 143 Å². The molecule has 11 rings (SSSR count). The lowest BCUT2D eigenvalue weighted by Gasteiger charge is -2.14. The maximum atomic E-state index is 7.54. The van der Waals surface area contributed by atoms with E-state index in [9.17, 15) is 0 Å². The first kappa shape index (κ1) is 23.0. The van der Waals surface area contributed by atoms with Crippen LogP contribution in [0, 0.1) is 0 Å². The molecule has 0 N–H and O–H groups in total. The zero-order valence-electron chi connectivity index (χ0n) is 23.0. The van der Waals surface area contributed by atoms with Gasteiger partial charge in [-0.25, -0.2) is 8.97 Å². The first-order valence-corrected chi connectivity index (χ1v) is 15.1. The second-order valence-corrected chi connectivity index (χ2v) is 12.1. The molecule has 0 atom stereocenters. The summed E-state index contributed by atoms with van der Waals surface area (Å²) in [5.41, 5.74) is 5.92. The van der Waals surface area contributed by atoms with E-state index in [1.165, 1.54) is 0 Å². The number of fused-ring (bicyclic) bond motifs is 13. The van der Waals surface area contributed by atoms with Gasteiger partial charge < -0.3 is 0 Å². The molecule has 0 amide bonds. The van der Waals surface area contributed by atoms with Crippen molar-refractivity contribution in [2.24, 2.45) is 20.0 Å². The van der Waals surface area contributed by atoms with Gasteiger partial charge in [0.2, 0.25) is 11.7 Å². The summed E-state index contributed by atoms with van der Waals surface area (Å²) < 4.78 is 4.09. The molecule has 0 aromatic heterocycles. The topological polar surface area (TPSA) is 55.5 Å². The van der Waals surface area contributed by atoms with Gasteiger partial charge in [-0.15, -0.1) is 0 Å². The lowest BCUT2D eigenvalue weighted by Crippen LogP contribution is -2.48. The average molecular weight is 581 g/mol. The van der Waals surface area contributed by atoms with Crippen molar-refractivity contribution in [3.8, 4) is 0 Å². The summed E-state index contributed by atoms with van der Waals surface area (Å²) in [6.07, 6.45) is -0.637. The highest BCUT2D eigenvalue weighted by Gasteiger charge is 2.55. The third kappa shape index (κ3) is 2.82. The molecular formula is C36H18BClN6+2. The second kappa shape index (κ2) is 7.89. The Morgan fingerprint density at radius 2 is 0.773 bits per heavy atom. The summed E-state index contributed by atoms with van der Waals surface area (Å²) in [6.45, 7) is 0. The molecule has 0 saturated carbocycles. The molecule has 0 saturated heterocycles. The lowest BCUT2D eigenvalue weighted by atomic mass is 10.00. The summed E-state index contributed by atoms with van der Waals surface area (Å²) >= 11 is 7.54. The van der Waals surface area contributed by atoms with Gasteiger partial charge >= 0.3 is 6.40 Å². The first-order chi connectivity index (χ1) is 21.7. The molecule has 8 heteroatoms. The molecule has 0 aliphatic carbocycles. The summed E-state index contributed by atoms with van der Waals surface area (Å²) in [6, 6.07) is 38.3. The van der Waals surface area contributed by atoms with Crippen molar-refractivity contribution in [1.29, 1.82) is 0 Å². The van der Waals surface area contributed by atoms with Crippen LogP contribution in [0.2, 0.25) is 0 Å². The predicted molar refractivity (Wildman–Crippen MR) is 178 cm³/mol. The number of halogens is 1. The van der Waals surface area contributed by atoms with Crippen LogP contribution in [0.1, 0.15) is 33.4 Å².